The second-order valence-corrected chi connectivity index (χ2v) is 10.5. The van der Waals surface area contributed by atoms with Gasteiger partial charge in [0.1, 0.15) is 10.0 Å². The van der Waals surface area contributed by atoms with E-state index in [9.17, 15) is 9.59 Å². The molecule has 2 N–H and O–H groups in total. The Hall–Kier alpha value is -3.15. The first-order chi connectivity index (χ1) is 17.1. The summed E-state index contributed by atoms with van der Waals surface area (Å²) < 4.78 is 0. The predicted molar refractivity (Wildman–Crippen MR) is 145 cm³/mol. The molecule has 0 unspecified atom stereocenters. The average Bonchev–Trinajstić information content (AvgIpc) is 3.48. The maximum Gasteiger partial charge on any atom is 0.230 e. The van der Waals surface area contributed by atoms with Crippen LogP contribution in [0, 0.1) is 0 Å². The van der Waals surface area contributed by atoms with Gasteiger partial charge in [-0.25, -0.2) is 0 Å². The molecule has 0 atom stereocenters. The summed E-state index contributed by atoms with van der Waals surface area (Å²) in [6.45, 7) is 7.32. The Balaban J connectivity index is 1.32. The van der Waals surface area contributed by atoms with Crippen LogP contribution in [0.2, 0.25) is 0 Å². The van der Waals surface area contributed by atoms with Crippen molar-refractivity contribution in [1.82, 2.24) is 20.4 Å². The molecule has 2 amide bonds. The van der Waals surface area contributed by atoms with Gasteiger partial charge in [0.05, 0.1) is 12.8 Å². The quantitative estimate of drug-likeness (QED) is 0.223. The molecule has 0 aliphatic rings. The van der Waals surface area contributed by atoms with Crippen LogP contribution < -0.4 is 10.6 Å². The highest BCUT2D eigenvalue weighted by molar-refractivity contribution is 7.98. The normalized spacial score (nSPS) is 11.1. The minimum Gasteiger partial charge on any atom is -0.300 e. The number of allylic oxidation sites excluding steroid dienone is 3. The summed E-state index contributed by atoms with van der Waals surface area (Å²) in [7, 11) is 0. The SMILES string of the molecule is C=CC=C(C=C)CC(=O)Nc1nnc(CCCSCc2nnc(NC(=O)Cc3ccccc3)s2)s1. The van der Waals surface area contributed by atoms with Crippen LogP contribution in [0.4, 0.5) is 10.3 Å². The predicted octanol–water partition coefficient (Wildman–Crippen LogP) is 5.06. The highest BCUT2D eigenvalue weighted by Gasteiger charge is 2.11. The summed E-state index contributed by atoms with van der Waals surface area (Å²) in [5, 5.41) is 24.8. The summed E-state index contributed by atoms with van der Waals surface area (Å²) in [5.74, 6) is 1.39. The first-order valence-corrected chi connectivity index (χ1v) is 13.6. The maximum absolute atomic E-state index is 12.2. The smallest absolute Gasteiger partial charge is 0.230 e. The maximum atomic E-state index is 12.2. The number of nitrogens with zero attached hydrogens (tertiary/aromatic N) is 4. The molecular formula is C24H26N6O2S3. The van der Waals surface area contributed by atoms with E-state index in [1.807, 2.05) is 30.3 Å². The van der Waals surface area contributed by atoms with Crippen molar-refractivity contribution in [1.29, 1.82) is 0 Å². The van der Waals surface area contributed by atoms with Crippen LogP contribution in [0.15, 0.2) is 67.3 Å². The Kier molecular flexibility index (Phi) is 10.8. The van der Waals surface area contributed by atoms with Crippen molar-refractivity contribution in [3.63, 3.8) is 0 Å². The molecule has 3 aromatic rings. The van der Waals surface area contributed by atoms with Crippen LogP contribution >= 0.6 is 34.4 Å². The molecule has 1 aromatic carbocycles. The van der Waals surface area contributed by atoms with Gasteiger partial charge >= 0.3 is 0 Å². The lowest BCUT2D eigenvalue weighted by atomic mass is 10.1. The summed E-state index contributed by atoms with van der Waals surface area (Å²) >= 11 is 4.53. The van der Waals surface area contributed by atoms with Crippen molar-refractivity contribution < 1.29 is 9.59 Å². The van der Waals surface area contributed by atoms with Crippen LogP contribution in [0.5, 0.6) is 0 Å². The van der Waals surface area contributed by atoms with E-state index in [0.29, 0.717) is 16.7 Å². The lowest BCUT2D eigenvalue weighted by molar-refractivity contribution is -0.116. The van der Waals surface area contributed by atoms with Gasteiger partial charge < -0.3 is 10.6 Å². The van der Waals surface area contributed by atoms with Crippen molar-refractivity contribution in [2.45, 2.75) is 31.4 Å². The Morgan fingerprint density at radius 1 is 0.943 bits per heavy atom. The molecule has 0 bridgehead atoms. The fourth-order valence-corrected chi connectivity index (χ4v) is 5.46. The zero-order chi connectivity index (χ0) is 24.9. The van der Waals surface area contributed by atoms with E-state index < -0.39 is 0 Å². The van der Waals surface area contributed by atoms with Gasteiger partial charge in [0, 0.05) is 12.2 Å². The van der Waals surface area contributed by atoms with Crippen molar-refractivity contribution in [3.05, 3.63) is 82.9 Å². The molecule has 2 aromatic heterocycles. The van der Waals surface area contributed by atoms with Crippen LogP contribution in [-0.4, -0.2) is 38.0 Å². The zero-order valence-electron chi connectivity index (χ0n) is 19.1. The number of benzene rings is 1. The first kappa shape index (κ1) is 26.5. The van der Waals surface area contributed by atoms with Crippen molar-refractivity contribution in [3.8, 4) is 0 Å². The van der Waals surface area contributed by atoms with Gasteiger partial charge in [-0.1, -0.05) is 84.4 Å². The summed E-state index contributed by atoms with van der Waals surface area (Å²) in [5.41, 5.74) is 1.74. The van der Waals surface area contributed by atoms with Gasteiger partial charge in [-0.2, -0.15) is 11.8 Å². The van der Waals surface area contributed by atoms with E-state index in [-0.39, 0.29) is 18.2 Å². The zero-order valence-corrected chi connectivity index (χ0v) is 21.6. The molecule has 182 valence electrons. The number of carbonyl (C=O) groups is 2. The highest BCUT2D eigenvalue weighted by atomic mass is 32.2. The lowest BCUT2D eigenvalue weighted by Crippen LogP contribution is -2.14. The number of hydrogen-bond acceptors (Lipinski definition) is 9. The molecular weight excluding hydrogens is 501 g/mol. The topological polar surface area (TPSA) is 110 Å². The molecule has 0 saturated heterocycles. The van der Waals surface area contributed by atoms with Crippen LogP contribution in [0.25, 0.3) is 0 Å². The second-order valence-electron chi connectivity index (χ2n) is 7.27. The number of anilines is 2. The monoisotopic (exact) mass is 526 g/mol. The summed E-state index contributed by atoms with van der Waals surface area (Å²) in [6, 6.07) is 9.58. The average molecular weight is 527 g/mol. The van der Waals surface area contributed by atoms with Crippen LogP contribution in [0.1, 0.15) is 28.4 Å². The third kappa shape index (κ3) is 9.55. The third-order valence-corrected chi connectivity index (χ3v) is 7.47. The van der Waals surface area contributed by atoms with E-state index in [2.05, 4.69) is 44.2 Å². The standard InChI is InChI=1S/C24H26N6O2S3/c1-3-9-17(4-2)14-19(31)25-23-29-27-21(34-23)12-8-13-33-16-22-28-30-24(35-22)26-20(32)15-18-10-6-5-7-11-18/h3-7,9-11H,1-2,8,12-16H2,(H,25,29,31)(H,26,30,32). The van der Waals surface area contributed by atoms with Crippen molar-refractivity contribution >= 4 is 56.5 Å². The van der Waals surface area contributed by atoms with Crippen LogP contribution in [0.3, 0.4) is 0 Å². The molecule has 8 nitrogen and oxygen atoms in total. The van der Waals surface area contributed by atoms with Gasteiger partial charge in [0.2, 0.25) is 22.1 Å². The molecule has 0 saturated carbocycles. The molecule has 0 radical (unpaired) electrons. The molecule has 35 heavy (non-hydrogen) atoms. The molecule has 0 aliphatic heterocycles. The Morgan fingerprint density at radius 3 is 2.34 bits per heavy atom. The lowest BCUT2D eigenvalue weighted by Gasteiger charge is -2.01. The number of rotatable bonds is 14. The Bertz CT molecular complexity index is 1170. The van der Waals surface area contributed by atoms with Gasteiger partial charge in [-0.05, 0) is 23.3 Å². The summed E-state index contributed by atoms with van der Waals surface area (Å²) in [6.07, 6.45) is 7.24. The van der Waals surface area contributed by atoms with Crippen molar-refractivity contribution in [2.24, 2.45) is 0 Å². The van der Waals surface area contributed by atoms with E-state index >= 15 is 0 Å². The van der Waals surface area contributed by atoms with Gasteiger partial charge in [-0.15, -0.1) is 20.4 Å². The number of amides is 2. The number of carbonyl (C=O) groups excluding carboxylic acids is 2. The second kappa shape index (κ2) is 14.3. The number of hydrogen-bond donors (Lipinski definition) is 2. The van der Waals surface area contributed by atoms with E-state index in [4.69, 9.17) is 0 Å². The molecule has 0 spiro atoms. The van der Waals surface area contributed by atoms with E-state index in [0.717, 1.165) is 45.5 Å². The first-order valence-electron chi connectivity index (χ1n) is 10.9. The van der Waals surface area contributed by atoms with E-state index in [1.165, 1.54) is 22.7 Å². The third-order valence-electron chi connectivity index (χ3n) is 4.50. The number of thioether (sulfide) groups is 1. The fourth-order valence-electron chi connectivity index (χ4n) is 2.90. The Morgan fingerprint density at radius 2 is 1.63 bits per heavy atom. The van der Waals surface area contributed by atoms with Crippen LogP contribution in [-0.2, 0) is 28.2 Å². The summed E-state index contributed by atoms with van der Waals surface area (Å²) in [4.78, 5) is 24.3. The van der Waals surface area contributed by atoms with Gasteiger partial charge in [0.15, 0.2) is 0 Å². The Labute approximate surface area is 216 Å². The fraction of sp³-hybridized carbons (Fsp3) is 0.250. The van der Waals surface area contributed by atoms with Crippen molar-refractivity contribution in [2.75, 3.05) is 16.4 Å². The van der Waals surface area contributed by atoms with Gasteiger partial charge in [0.25, 0.3) is 0 Å². The largest absolute Gasteiger partial charge is 0.300 e. The molecule has 0 fully saturated rings. The van der Waals surface area contributed by atoms with E-state index in [1.54, 1.807) is 30.0 Å². The number of nitrogens with one attached hydrogen (secondary N) is 2. The highest BCUT2D eigenvalue weighted by Crippen LogP contribution is 2.22. The molecule has 0 aliphatic carbocycles. The number of aryl methyl sites for hydroxylation is 1. The molecule has 3 rings (SSSR count). The minimum atomic E-state index is -0.163. The molecule has 11 heteroatoms. The number of aromatic nitrogens is 4. The van der Waals surface area contributed by atoms with Gasteiger partial charge in [-0.3, -0.25) is 9.59 Å². The molecule has 2 heterocycles. The minimum absolute atomic E-state index is 0.103.